The lowest BCUT2D eigenvalue weighted by molar-refractivity contribution is -0.372. The van der Waals surface area contributed by atoms with E-state index in [0.29, 0.717) is 0 Å². The van der Waals surface area contributed by atoms with E-state index in [0.717, 1.165) is 0 Å². The van der Waals surface area contributed by atoms with Gasteiger partial charge >= 0.3 is 0 Å². The van der Waals surface area contributed by atoms with Crippen LogP contribution in [0.3, 0.4) is 0 Å². The lowest BCUT2D eigenvalue weighted by Gasteiger charge is -2.65. The molecule has 0 aliphatic heterocycles. The maximum atomic E-state index is 11.2. The maximum absolute atomic E-state index is 11.2. The topological polar surface area (TPSA) is 88.4 Å². The molecule has 4 unspecified atom stereocenters. The summed E-state index contributed by atoms with van der Waals surface area (Å²) in [6.07, 6.45) is 5.00. The Morgan fingerprint density at radius 2 is 0.933 bits per heavy atom. The molecule has 1 rings (SSSR count). The van der Waals surface area contributed by atoms with Crippen molar-refractivity contribution in [3.8, 4) is 0 Å². The molecule has 0 aromatic rings. The monoisotopic (exact) mass is 420 g/mol. The minimum Gasteiger partial charge on any atom is -0.387 e. The van der Waals surface area contributed by atoms with Crippen LogP contribution < -0.4 is 0 Å². The molecule has 168 valence electrons. The van der Waals surface area contributed by atoms with Crippen LogP contribution in [0.4, 0.5) is 0 Å². The van der Waals surface area contributed by atoms with Crippen LogP contribution in [0.15, 0.2) is 75.9 Å². The van der Waals surface area contributed by atoms with Crippen LogP contribution >= 0.6 is 0 Å². The van der Waals surface area contributed by atoms with Gasteiger partial charge in [0.1, 0.15) is 35.1 Å². The van der Waals surface area contributed by atoms with Crippen molar-refractivity contribution in [3.05, 3.63) is 75.9 Å². The van der Waals surface area contributed by atoms with Crippen molar-refractivity contribution in [2.24, 2.45) is 0 Å². The smallest absolute Gasteiger partial charge is 0.136 e. The first-order valence-corrected chi connectivity index (χ1v) is 9.96. The predicted molar refractivity (Wildman–Crippen MR) is 119 cm³/mol. The van der Waals surface area contributed by atoms with E-state index in [1.165, 1.54) is 12.2 Å². The third-order valence-electron chi connectivity index (χ3n) is 5.66. The molecule has 0 heterocycles. The lowest BCUT2D eigenvalue weighted by atomic mass is 9.55. The summed E-state index contributed by atoms with van der Waals surface area (Å²) in [7, 11) is 0. The van der Waals surface area contributed by atoms with Gasteiger partial charge in [0.15, 0.2) is 0 Å². The molecule has 1 aliphatic carbocycles. The van der Waals surface area contributed by atoms with Crippen molar-refractivity contribution in [2.75, 3.05) is 19.8 Å². The van der Waals surface area contributed by atoms with Crippen molar-refractivity contribution < 1.29 is 29.5 Å². The van der Waals surface area contributed by atoms with E-state index in [-0.39, 0.29) is 39.1 Å². The average molecular weight is 421 g/mol. The molecule has 30 heavy (non-hydrogen) atoms. The molecule has 1 saturated carbocycles. The highest BCUT2D eigenvalue weighted by Crippen LogP contribution is 2.56. The van der Waals surface area contributed by atoms with E-state index >= 15 is 0 Å². The van der Waals surface area contributed by atoms with Crippen LogP contribution in [0.2, 0.25) is 0 Å². The van der Waals surface area contributed by atoms with Gasteiger partial charge in [-0.3, -0.25) is 0 Å². The SMILES string of the molecule is C=CCOC1(CC=C)C(O)C(O)C(O)C(CC=C)(OCC=C)C1(CC=C)OCC=C. The van der Waals surface area contributed by atoms with Crippen LogP contribution in [0.5, 0.6) is 0 Å². The standard InChI is InChI=1S/C24H36O6/c1-7-13-22(28-16-10-4)20(26)19(25)21(27)23(14-8-2,29-17-11-5)24(22,15-9-3)30-18-12-6/h7-12,19-21,25-27H,1-6,13-18H2. The highest BCUT2D eigenvalue weighted by Gasteiger charge is 2.75. The summed E-state index contributed by atoms with van der Waals surface area (Å²) in [6.45, 7) is 22.7. The van der Waals surface area contributed by atoms with Gasteiger partial charge in [0.25, 0.3) is 0 Å². The molecule has 0 amide bonds. The van der Waals surface area contributed by atoms with Crippen molar-refractivity contribution in [3.63, 3.8) is 0 Å². The fourth-order valence-corrected chi connectivity index (χ4v) is 4.55. The maximum Gasteiger partial charge on any atom is 0.136 e. The summed E-state index contributed by atoms with van der Waals surface area (Å²) >= 11 is 0. The van der Waals surface area contributed by atoms with E-state index in [9.17, 15) is 15.3 Å². The van der Waals surface area contributed by atoms with E-state index in [1.807, 2.05) is 0 Å². The molecule has 6 heteroatoms. The third kappa shape index (κ3) is 4.17. The Hall–Kier alpha value is -1.80. The number of ether oxygens (including phenoxy) is 3. The fourth-order valence-electron chi connectivity index (χ4n) is 4.55. The quantitative estimate of drug-likeness (QED) is 0.353. The van der Waals surface area contributed by atoms with Crippen LogP contribution in [0, 0.1) is 0 Å². The van der Waals surface area contributed by atoms with E-state index in [2.05, 4.69) is 39.5 Å². The molecular weight excluding hydrogens is 384 g/mol. The van der Waals surface area contributed by atoms with Crippen molar-refractivity contribution in [1.29, 1.82) is 0 Å². The normalized spacial score (nSPS) is 35.9. The first-order chi connectivity index (χ1) is 14.3. The molecule has 1 aliphatic rings. The van der Waals surface area contributed by atoms with Gasteiger partial charge in [-0.15, -0.1) is 39.5 Å². The second kappa shape index (κ2) is 11.6. The highest BCUT2D eigenvalue weighted by atomic mass is 16.6. The molecule has 0 bridgehead atoms. The van der Waals surface area contributed by atoms with Gasteiger partial charge in [0.2, 0.25) is 0 Å². The number of aliphatic hydroxyl groups is 3. The van der Waals surface area contributed by atoms with Gasteiger partial charge in [-0.25, -0.2) is 0 Å². The van der Waals surface area contributed by atoms with Crippen LogP contribution in [-0.4, -0.2) is 70.3 Å². The Bertz CT molecular complexity index is 589. The Balaban J connectivity index is 4.03. The minimum absolute atomic E-state index is 0.0513. The van der Waals surface area contributed by atoms with E-state index in [4.69, 9.17) is 14.2 Å². The highest BCUT2D eigenvalue weighted by molar-refractivity contribution is 5.29. The van der Waals surface area contributed by atoms with Gasteiger partial charge in [0.05, 0.1) is 19.8 Å². The zero-order valence-electron chi connectivity index (χ0n) is 17.7. The summed E-state index contributed by atoms with van der Waals surface area (Å²) in [6, 6.07) is 0. The molecule has 3 N–H and O–H groups in total. The van der Waals surface area contributed by atoms with Gasteiger partial charge < -0.3 is 29.5 Å². The van der Waals surface area contributed by atoms with Gasteiger partial charge in [0, 0.05) is 6.42 Å². The third-order valence-corrected chi connectivity index (χ3v) is 5.66. The molecule has 0 aromatic carbocycles. The van der Waals surface area contributed by atoms with Crippen molar-refractivity contribution in [2.45, 2.75) is 54.4 Å². The average Bonchev–Trinajstić information content (AvgIpc) is 2.75. The summed E-state index contributed by atoms with van der Waals surface area (Å²) in [5, 5.41) is 33.4. The largest absolute Gasteiger partial charge is 0.387 e. The number of hydrogen-bond donors (Lipinski definition) is 3. The molecule has 0 radical (unpaired) electrons. The van der Waals surface area contributed by atoms with E-state index < -0.39 is 35.1 Å². The Labute approximate surface area is 180 Å². The Morgan fingerprint density at radius 3 is 1.27 bits per heavy atom. The molecule has 1 fully saturated rings. The Morgan fingerprint density at radius 1 is 0.567 bits per heavy atom. The molecular formula is C24H36O6. The zero-order chi connectivity index (χ0) is 22.8. The number of aliphatic hydroxyl groups excluding tert-OH is 3. The molecule has 0 saturated heterocycles. The minimum atomic E-state index is -1.59. The van der Waals surface area contributed by atoms with E-state index in [1.54, 1.807) is 24.3 Å². The number of rotatable bonds is 15. The summed E-state index contributed by atoms with van der Waals surface area (Å²) in [4.78, 5) is 0. The second-order valence-corrected chi connectivity index (χ2v) is 7.26. The van der Waals surface area contributed by atoms with Gasteiger partial charge in [-0.1, -0.05) is 36.5 Å². The summed E-state index contributed by atoms with van der Waals surface area (Å²) in [5.41, 5.74) is -4.60. The lowest BCUT2D eigenvalue weighted by Crippen LogP contribution is -2.84. The first kappa shape index (κ1) is 26.2. The molecule has 0 aromatic heterocycles. The van der Waals surface area contributed by atoms with Crippen molar-refractivity contribution in [1.82, 2.24) is 0 Å². The molecule has 4 atom stereocenters. The summed E-state index contributed by atoms with van der Waals surface area (Å²) < 4.78 is 18.7. The second-order valence-electron chi connectivity index (χ2n) is 7.26. The first-order valence-electron chi connectivity index (χ1n) is 9.96. The Kier molecular flexibility index (Phi) is 10.1. The van der Waals surface area contributed by atoms with Crippen LogP contribution in [0.1, 0.15) is 19.3 Å². The fraction of sp³-hybridized carbons (Fsp3) is 0.500. The number of hydrogen-bond acceptors (Lipinski definition) is 6. The zero-order valence-corrected chi connectivity index (χ0v) is 17.7. The van der Waals surface area contributed by atoms with Gasteiger partial charge in [-0.05, 0) is 12.8 Å². The van der Waals surface area contributed by atoms with Crippen LogP contribution in [-0.2, 0) is 14.2 Å². The molecule has 0 spiro atoms. The predicted octanol–water partition coefficient (Wildman–Crippen LogP) is 2.64. The molecule has 6 nitrogen and oxygen atoms in total. The van der Waals surface area contributed by atoms with Crippen molar-refractivity contribution >= 4 is 0 Å². The van der Waals surface area contributed by atoms with Crippen LogP contribution in [0.25, 0.3) is 0 Å². The summed E-state index contributed by atoms with van der Waals surface area (Å²) in [5.74, 6) is 0. The van der Waals surface area contributed by atoms with Gasteiger partial charge in [-0.2, -0.15) is 0 Å².